The number of allylic oxidation sites excluding steroid dienone is 10. The Balaban J connectivity index is 2.19. The molecule has 528 valence electrons. The highest BCUT2D eigenvalue weighted by atomic mass is 16.7. The SMILES string of the molecule is CCCCCCCCCCC/C=C\C/C=C\CCCCCCCCCCCCCCCCCCC(O)C(=O)NC(COC1OC(CO)C(O)C(O)C1O)C(O)C(O)CCC/C=C/CC/C=C/CC/C=C/CCCCCCCCCCCCCCCCCCCC. The van der Waals surface area contributed by atoms with Gasteiger partial charge in [-0.05, 0) is 96.3 Å². The highest BCUT2D eigenvalue weighted by Gasteiger charge is 2.44. The van der Waals surface area contributed by atoms with Gasteiger partial charge in [0.1, 0.15) is 36.6 Å². The Morgan fingerprint density at radius 1 is 0.389 bits per heavy atom. The van der Waals surface area contributed by atoms with Crippen LogP contribution in [0.2, 0.25) is 0 Å². The maximum absolute atomic E-state index is 13.3. The Labute approximate surface area is 554 Å². The van der Waals surface area contributed by atoms with Crippen LogP contribution in [0.25, 0.3) is 0 Å². The Bertz CT molecular complexity index is 1650. The summed E-state index contributed by atoms with van der Waals surface area (Å²) in [5.41, 5.74) is 0. The van der Waals surface area contributed by atoms with Crippen molar-refractivity contribution in [2.75, 3.05) is 13.2 Å². The highest BCUT2D eigenvalue weighted by Crippen LogP contribution is 2.24. The number of unbranched alkanes of at least 4 members (excludes halogenated alkanes) is 46. The molecule has 1 heterocycles. The number of aliphatic hydroxyl groups excluding tert-OH is 7. The van der Waals surface area contributed by atoms with E-state index in [1.54, 1.807) is 0 Å². The molecule has 90 heavy (non-hydrogen) atoms. The third-order valence-corrected chi connectivity index (χ3v) is 18.5. The van der Waals surface area contributed by atoms with Gasteiger partial charge in [-0.25, -0.2) is 0 Å². The van der Waals surface area contributed by atoms with Crippen molar-refractivity contribution in [1.82, 2.24) is 5.32 Å². The number of rotatable bonds is 68. The first-order valence-corrected chi connectivity index (χ1v) is 38.7. The van der Waals surface area contributed by atoms with Crippen LogP contribution in [-0.2, 0) is 14.3 Å². The molecule has 1 saturated heterocycles. The maximum atomic E-state index is 13.3. The third kappa shape index (κ3) is 53.1. The molecule has 0 aromatic carbocycles. The number of aliphatic hydroxyl groups is 7. The molecular weight excluding hydrogens is 1120 g/mol. The average molecular weight is 1270 g/mol. The van der Waals surface area contributed by atoms with Crippen molar-refractivity contribution >= 4 is 5.91 Å². The molecule has 0 saturated carbocycles. The summed E-state index contributed by atoms with van der Waals surface area (Å²) < 4.78 is 11.2. The Hall–Kier alpha value is -2.19. The number of nitrogens with one attached hydrogen (secondary N) is 1. The summed E-state index contributed by atoms with van der Waals surface area (Å²) in [6, 6.07) is -1.20. The summed E-state index contributed by atoms with van der Waals surface area (Å²) in [4.78, 5) is 13.3. The van der Waals surface area contributed by atoms with Crippen LogP contribution in [0.15, 0.2) is 60.8 Å². The third-order valence-electron chi connectivity index (χ3n) is 18.5. The van der Waals surface area contributed by atoms with Crippen molar-refractivity contribution in [3.63, 3.8) is 0 Å². The Morgan fingerprint density at radius 2 is 0.700 bits per heavy atom. The van der Waals surface area contributed by atoms with E-state index in [-0.39, 0.29) is 12.8 Å². The first-order valence-electron chi connectivity index (χ1n) is 38.7. The fourth-order valence-corrected chi connectivity index (χ4v) is 12.3. The summed E-state index contributed by atoms with van der Waals surface area (Å²) in [5.74, 6) is -0.709. The van der Waals surface area contributed by atoms with Gasteiger partial charge in [0.15, 0.2) is 6.29 Å². The smallest absolute Gasteiger partial charge is 0.249 e. The average Bonchev–Trinajstić information content (AvgIpc) is 1.35. The number of amides is 1. The number of carbonyl (C=O) groups excluding carboxylic acids is 1. The van der Waals surface area contributed by atoms with E-state index in [1.165, 1.54) is 270 Å². The molecule has 11 nitrogen and oxygen atoms in total. The van der Waals surface area contributed by atoms with Crippen molar-refractivity contribution < 1.29 is 50.0 Å². The van der Waals surface area contributed by atoms with Gasteiger partial charge in [-0.3, -0.25) is 4.79 Å². The molecule has 1 aliphatic rings. The predicted molar refractivity (Wildman–Crippen MR) is 381 cm³/mol. The van der Waals surface area contributed by atoms with E-state index in [2.05, 4.69) is 79.9 Å². The summed E-state index contributed by atoms with van der Waals surface area (Å²) in [6.45, 7) is 3.49. The topological polar surface area (TPSA) is 189 Å². The molecule has 1 rings (SSSR count). The second-order valence-electron chi connectivity index (χ2n) is 27.0. The van der Waals surface area contributed by atoms with Crippen molar-refractivity contribution in [3.05, 3.63) is 60.8 Å². The van der Waals surface area contributed by atoms with E-state index >= 15 is 0 Å². The van der Waals surface area contributed by atoms with Crippen LogP contribution in [-0.4, -0.2) is 110 Å². The highest BCUT2D eigenvalue weighted by molar-refractivity contribution is 5.80. The first-order chi connectivity index (χ1) is 44.2. The maximum Gasteiger partial charge on any atom is 0.249 e. The van der Waals surface area contributed by atoms with Gasteiger partial charge >= 0.3 is 0 Å². The molecule has 0 spiro atoms. The van der Waals surface area contributed by atoms with Crippen LogP contribution in [0, 0.1) is 0 Å². The molecule has 8 N–H and O–H groups in total. The fraction of sp³-hybridized carbons (Fsp3) is 0.861. The lowest BCUT2D eigenvalue weighted by Crippen LogP contribution is -2.60. The predicted octanol–water partition coefficient (Wildman–Crippen LogP) is 19.6. The van der Waals surface area contributed by atoms with Gasteiger partial charge in [-0.1, -0.05) is 331 Å². The van der Waals surface area contributed by atoms with Gasteiger partial charge in [0.05, 0.1) is 25.4 Å². The van der Waals surface area contributed by atoms with Crippen LogP contribution in [0.5, 0.6) is 0 Å². The van der Waals surface area contributed by atoms with Crippen LogP contribution < -0.4 is 5.32 Å². The molecule has 0 aliphatic carbocycles. The second kappa shape index (κ2) is 66.8. The van der Waals surface area contributed by atoms with Crippen molar-refractivity contribution in [1.29, 1.82) is 0 Å². The molecule has 0 radical (unpaired) electrons. The monoisotopic (exact) mass is 1270 g/mol. The van der Waals surface area contributed by atoms with E-state index in [4.69, 9.17) is 9.47 Å². The fourth-order valence-electron chi connectivity index (χ4n) is 12.3. The zero-order valence-electron chi connectivity index (χ0n) is 58.6. The zero-order valence-corrected chi connectivity index (χ0v) is 58.6. The minimum absolute atomic E-state index is 0.241. The van der Waals surface area contributed by atoms with Crippen molar-refractivity contribution in [3.8, 4) is 0 Å². The lowest BCUT2D eigenvalue weighted by atomic mass is 9.98. The molecule has 0 aromatic heterocycles. The van der Waals surface area contributed by atoms with Crippen LogP contribution in [0.3, 0.4) is 0 Å². The number of carbonyl (C=O) groups is 1. The van der Waals surface area contributed by atoms with Gasteiger partial charge in [0.25, 0.3) is 0 Å². The molecular formula is C79H147NO10. The van der Waals surface area contributed by atoms with Gasteiger partial charge < -0.3 is 50.5 Å². The largest absolute Gasteiger partial charge is 0.394 e. The Kier molecular flexibility index (Phi) is 63.7. The van der Waals surface area contributed by atoms with Crippen molar-refractivity contribution in [2.24, 2.45) is 0 Å². The molecule has 0 bridgehead atoms. The number of hydrogen-bond acceptors (Lipinski definition) is 10. The first kappa shape index (κ1) is 85.8. The summed E-state index contributed by atoms with van der Waals surface area (Å²) >= 11 is 0. The Morgan fingerprint density at radius 3 is 1.06 bits per heavy atom. The molecule has 1 amide bonds. The van der Waals surface area contributed by atoms with Gasteiger partial charge in [0, 0.05) is 0 Å². The lowest BCUT2D eigenvalue weighted by molar-refractivity contribution is -0.303. The van der Waals surface area contributed by atoms with Crippen LogP contribution in [0.1, 0.15) is 367 Å². The van der Waals surface area contributed by atoms with E-state index in [9.17, 15) is 40.5 Å². The normalized spacial score (nSPS) is 18.8. The molecule has 11 heteroatoms. The summed E-state index contributed by atoms with van der Waals surface area (Å²) in [7, 11) is 0. The van der Waals surface area contributed by atoms with Gasteiger partial charge in [0.2, 0.25) is 5.91 Å². The van der Waals surface area contributed by atoms with Crippen LogP contribution in [0.4, 0.5) is 0 Å². The van der Waals surface area contributed by atoms with Gasteiger partial charge in [-0.15, -0.1) is 0 Å². The van der Waals surface area contributed by atoms with E-state index < -0.39 is 74.2 Å². The molecule has 1 aliphatic heterocycles. The zero-order chi connectivity index (χ0) is 65.3. The molecule has 1 fully saturated rings. The minimum atomic E-state index is -1.68. The molecule has 9 unspecified atom stereocenters. The number of ether oxygens (including phenoxy) is 2. The van der Waals surface area contributed by atoms with E-state index in [0.29, 0.717) is 19.3 Å². The van der Waals surface area contributed by atoms with Crippen LogP contribution >= 0.6 is 0 Å². The number of hydrogen-bond donors (Lipinski definition) is 8. The molecule has 9 atom stereocenters. The standard InChI is InChI=1S/C79H147NO10/c1-3-5-7-9-11-13-15-17-19-21-23-25-27-29-31-33-35-37-39-41-43-45-47-49-51-53-55-57-59-61-63-65-67-72(83)78(88)80-70(69-89-79-77(87)76(86)75(85)73(68-81)90-79)74(84)71(82)66-64-62-60-58-56-54-52-50-48-46-44-42-40-38-36-34-32-30-28-26-24-22-20-18-16-14-12-10-8-6-4-2/h23,25,29,31,42,44,50,52,58,60,70-77,79,81-87H,3-22,24,26-28,30,32-41,43,45-49,51,53-57,59,61-69H2,1-2H3,(H,80,88)/b25-23-,31-29-,44-42+,52-50+,60-58+. The van der Waals surface area contributed by atoms with Crippen molar-refractivity contribution in [2.45, 2.75) is 422 Å². The molecule has 0 aromatic rings. The minimum Gasteiger partial charge on any atom is -0.394 e. The summed E-state index contributed by atoms with van der Waals surface area (Å²) in [6.07, 6.45) is 79.0. The van der Waals surface area contributed by atoms with Gasteiger partial charge in [-0.2, -0.15) is 0 Å². The van der Waals surface area contributed by atoms with E-state index in [1.807, 2.05) is 0 Å². The van der Waals surface area contributed by atoms with E-state index in [0.717, 1.165) is 51.4 Å². The second-order valence-corrected chi connectivity index (χ2v) is 27.0. The quantitative estimate of drug-likeness (QED) is 0.0215. The summed E-state index contributed by atoms with van der Waals surface area (Å²) in [5, 5.41) is 76.6. The lowest BCUT2D eigenvalue weighted by Gasteiger charge is -2.40.